The molecule has 0 N–H and O–H groups in total. The Morgan fingerprint density at radius 3 is 2.68 bits per heavy atom. The number of anilines is 1. The van der Waals surface area contributed by atoms with Gasteiger partial charge in [-0.25, -0.2) is 4.98 Å². The summed E-state index contributed by atoms with van der Waals surface area (Å²) in [5.41, 5.74) is 2.13. The highest BCUT2D eigenvalue weighted by atomic mass is 16.5. The second-order valence-corrected chi connectivity index (χ2v) is 7.99. The number of hydrogen-bond acceptors (Lipinski definition) is 6. The predicted octanol–water partition coefficient (Wildman–Crippen LogP) is 3.43. The Balaban J connectivity index is 1.34. The number of rotatable bonds is 4. The van der Waals surface area contributed by atoms with E-state index in [1.807, 2.05) is 37.6 Å². The Bertz CT molecular complexity index is 775. The summed E-state index contributed by atoms with van der Waals surface area (Å²) in [6, 6.07) is 4.66. The van der Waals surface area contributed by atoms with Gasteiger partial charge >= 0.3 is 0 Å². The molecule has 28 heavy (non-hydrogen) atoms. The predicted molar refractivity (Wildman–Crippen MR) is 111 cm³/mol. The third-order valence-corrected chi connectivity index (χ3v) is 6.22. The number of likely N-dealkylation sites (tertiary alicyclic amines) is 1. The number of ether oxygens (including phenoxy) is 1. The molecule has 0 aromatic carbocycles. The van der Waals surface area contributed by atoms with Gasteiger partial charge in [-0.2, -0.15) is 0 Å². The maximum absolute atomic E-state index is 5.53. The van der Waals surface area contributed by atoms with Gasteiger partial charge in [0.05, 0.1) is 24.7 Å². The topological polar surface area (TPSA) is 54.4 Å². The number of nitrogens with zero attached hydrogens (tertiary/aromatic N) is 5. The van der Waals surface area contributed by atoms with E-state index in [2.05, 4.69) is 24.8 Å². The molecule has 4 heterocycles. The summed E-state index contributed by atoms with van der Waals surface area (Å²) in [6.45, 7) is 6.46. The maximum atomic E-state index is 5.53. The van der Waals surface area contributed by atoms with Crippen LogP contribution in [0, 0.1) is 6.92 Å². The molecule has 0 aliphatic carbocycles. The standard InChI is InChI=1S/C22H31N5O/c1-17-15-23-16-21(25-17)27-11-4-5-19(9-14-27)26-12-7-18(8-13-26)22-20(28-2)6-3-10-24-22/h3,6,10,15-16,18-19H,4-5,7-9,11-14H2,1-2H3. The lowest BCUT2D eigenvalue weighted by atomic mass is 9.91. The first kappa shape index (κ1) is 19.1. The van der Waals surface area contributed by atoms with E-state index >= 15 is 0 Å². The number of methoxy groups -OCH3 is 1. The zero-order valence-corrected chi connectivity index (χ0v) is 17.0. The zero-order chi connectivity index (χ0) is 19.3. The number of aromatic nitrogens is 3. The van der Waals surface area contributed by atoms with Gasteiger partial charge in [-0.3, -0.25) is 9.97 Å². The fourth-order valence-corrected chi connectivity index (χ4v) is 4.70. The summed E-state index contributed by atoms with van der Waals surface area (Å²) in [5.74, 6) is 2.48. The quantitative estimate of drug-likeness (QED) is 0.809. The molecule has 150 valence electrons. The lowest BCUT2D eigenvalue weighted by Gasteiger charge is -2.37. The van der Waals surface area contributed by atoms with E-state index in [9.17, 15) is 0 Å². The normalized spacial score (nSPS) is 22.1. The van der Waals surface area contributed by atoms with Gasteiger partial charge in [-0.05, 0) is 64.3 Å². The van der Waals surface area contributed by atoms with Crippen molar-refractivity contribution >= 4 is 5.82 Å². The van der Waals surface area contributed by atoms with Gasteiger partial charge in [0.1, 0.15) is 11.6 Å². The Hall–Kier alpha value is -2.21. The number of aryl methyl sites for hydroxylation is 1. The van der Waals surface area contributed by atoms with E-state index in [-0.39, 0.29) is 0 Å². The largest absolute Gasteiger partial charge is 0.495 e. The lowest BCUT2D eigenvalue weighted by Crippen LogP contribution is -2.41. The van der Waals surface area contributed by atoms with Crippen molar-refractivity contribution in [2.24, 2.45) is 0 Å². The van der Waals surface area contributed by atoms with E-state index in [1.54, 1.807) is 7.11 Å². The highest BCUT2D eigenvalue weighted by Crippen LogP contribution is 2.34. The molecule has 0 amide bonds. The molecule has 0 radical (unpaired) electrons. The average Bonchev–Trinajstić information content (AvgIpc) is 3.00. The molecule has 2 aliphatic rings. The minimum absolute atomic E-state index is 0.511. The van der Waals surface area contributed by atoms with Gasteiger partial charge in [0.2, 0.25) is 0 Å². The number of hydrogen-bond donors (Lipinski definition) is 0. The van der Waals surface area contributed by atoms with E-state index in [0.29, 0.717) is 12.0 Å². The third-order valence-electron chi connectivity index (χ3n) is 6.22. The van der Waals surface area contributed by atoms with Crippen molar-refractivity contribution in [2.75, 3.05) is 38.2 Å². The number of piperidine rings is 1. The van der Waals surface area contributed by atoms with E-state index in [4.69, 9.17) is 4.74 Å². The van der Waals surface area contributed by atoms with Crippen molar-refractivity contribution in [1.82, 2.24) is 19.9 Å². The van der Waals surface area contributed by atoms with Crippen molar-refractivity contribution in [3.8, 4) is 5.75 Å². The summed E-state index contributed by atoms with van der Waals surface area (Å²) in [5, 5.41) is 0. The minimum atomic E-state index is 0.511. The third kappa shape index (κ3) is 4.27. The van der Waals surface area contributed by atoms with Gasteiger partial charge in [0, 0.05) is 37.4 Å². The van der Waals surface area contributed by atoms with Crippen LogP contribution in [0.15, 0.2) is 30.7 Å². The molecule has 2 aromatic rings. The van der Waals surface area contributed by atoms with Crippen LogP contribution in [0.2, 0.25) is 0 Å². The van der Waals surface area contributed by atoms with E-state index in [1.165, 1.54) is 19.3 Å². The van der Waals surface area contributed by atoms with Gasteiger partial charge in [0.25, 0.3) is 0 Å². The van der Waals surface area contributed by atoms with Gasteiger partial charge in [-0.1, -0.05) is 0 Å². The van der Waals surface area contributed by atoms with Crippen LogP contribution in [0.25, 0.3) is 0 Å². The summed E-state index contributed by atoms with van der Waals surface area (Å²) < 4.78 is 5.53. The molecular formula is C22H31N5O. The highest BCUT2D eigenvalue weighted by molar-refractivity contribution is 5.36. The summed E-state index contributed by atoms with van der Waals surface area (Å²) in [4.78, 5) is 18.7. The molecule has 2 aromatic heterocycles. The summed E-state index contributed by atoms with van der Waals surface area (Å²) in [6.07, 6.45) is 11.6. The fourth-order valence-electron chi connectivity index (χ4n) is 4.70. The van der Waals surface area contributed by atoms with Crippen LogP contribution in [-0.4, -0.2) is 59.2 Å². The van der Waals surface area contributed by atoms with Crippen LogP contribution in [0.3, 0.4) is 0 Å². The van der Waals surface area contributed by atoms with Gasteiger partial charge < -0.3 is 14.5 Å². The number of pyridine rings is 1. The molecule has 2 fully saturated rings. The van der Waals surface area contributed by atoms with Crippen molar-refractivity contribution < 1.29 is 4.74 Å². The zero-order valence-electron chi connectivity index (χ0n) is 17.0. The molecule has 2 aliphatic heterocycles. The average molecular weight is 382 g/mol. The SMILES string of the molecule is COc1cccnc1C1CCN(C2CCCN(c3cncc(C)n3)CC2)CC1. The lowest BCUT2D eigenvalue weighted by molar-refractivity contribution is 0.140. The summed E-state index contributed by atoms with van der Waals surface area (Å²) in [7, 11) is 1.74. The van der Waals surface area contributed by atoms with Crippen molar-refractivity contribution in [3.63, 3.8) is 0 Å². The van der Waals surface area contributed by atoms with E-state index in [0.717, 1.165) is 62.0 Å². The monoisotopic (exact) mass is 381 g/mol. The first-order valence-electron chi connectivity index (χ1n) is 10.5. The minimum Gasteiger partial charge on any atom is -0.495 e. The molecule has 6 heteroatoms. The van der Waals surface area contributed by atoms with E-state index < -0.39 is 0 Å². The molecule has 1 unspecified atom stereocenters. The Morgan fingerprint density at radius 1 is 1.04 bits per heavy atom. The highest BCUT2D eigenvalue weighted by Gasteiger charge is 2.29. The molecule has 1 atom stereocenters. The Labute approximate surface area is 168 Å². The van der Waals surface area contributed by atoms with Gasteiger partial charge in [0.15, 0.2) is 0 Å². The molecular weight excluding hydrogens is 350 g/mol. The maximum Gasteiger partial charge on any atom is 0.147 e. The van der Waals surface area contributed by atoms with Crippen molar-refractivity contribution in [1.29, 1.82) is 0 Å². The first-order chi connectivity index (χ1) is 13.7. The Kier molecular flexibility index (Phi) is 6.05. The van der Waals surface area contributed by atoms with Crippen LogP contribution in [-0.2, 0) is 0 Å². The first-order valence-corrected chi connectivity index (χ1v) is 10.5. The fraction of sp³-hybridized carbons (Fsp3) is 0.591. The van der Waals surface area contributed by atoms with Crippen LogP contribution >= 0.6 is 0 Å². The second kappa shape index (κ2) is 8.86. The van der Waals surface area contributed by atoms with Crippen molar-refractivity contribution in [3.05, 3.63) is 42.1 Å². The second-order valence-electron chi connectivity index (χ2n) is 7.99. The molecule has 2 saturated heterocycles. The Morgan fingerprint density at radius 2 is 1.89 bits per heavy atom. The molecule has 0 saturated carbocycles. The van der Waals surface area contributed by atoms with Crippen LogP contribution in [0.1, 0.15) is 49.4 Å². The molecule has 0 spiro atoms. The van der Waals surface area contributed by atoms with Crippen LogP contribution in [0.4, 0.5) is 5.82 Å². The smallest absolute Gasteiger partial charge is 0.147 e. The molecule has 4 rings (SSSR count). The van der Waals surface area contributed by atoms with Crippen LogP contribution in [0.5, 0.6) is 5.75 Å². The molecule has 0 bridgehead atoms. The van der Waals surface area contributed by atoms with Crippen molar-refractivity contribution in [2.45, 2.75) is 51.0 Å². The van der Waals surface area contributed by atoms with Gasteiger partial charge in [-0.15, -0.1) is 0 Å². The summed E-state index contributed by atoms with van der Waals surface area (Å²) >= 11 is 0. The molecule has 6 nitrogen and oxygen atoms in total. The van der Waals surface area contributed by atoms with Crippen LogP contribution < -0.4 is 9.64 Å².